The Hall–Kier alpha value is -2.44. The molecule has 1 amide bonds. The zero-order valence-electron chi connectivity index (χ0n) is 11.4. The standard InChI is InChI=1S/C15H9Cl2FN2O3/c16-11-2-1-3-13(18)10(11)5-7-15(21)19-9-4-6-12(17)14(8-9)20(22)23/h1-8H,(H,19,21)/b7-5+. The first-order valence-electron chi connectivity index (χ1n) is 6.25. The van der Waals surface area contributed by atoms with Gasteiger partial charge in [0.25, 0.3) is 5.69 Å². The lowest BCUT2D eigenvalue weighted by Crippen LogP contribution is -2.08. The van der Waals surface area contributed by atoms with Crippen LogP contribution < -0.4 is 5.32 Å². The van der Waals surface area contributed by atoms with Gasteiger partial charge in [-0.25, -0.2) is 4.39 Å². The molecule has 0 heterocycles. The predicted octanol–water partition coefficient (Wildman–Crippen LogP) is 4.69. The van der Waals surface area contributed by atoms with E-state index >= 15 is 0 Å². The quantitative estimate of drug-likeness (QED) is 0.491. The van der Waals surface area contributed by atoms with Crippen LogP contribution in [0.2, 0.25) is 10.0 Å². The van der Waals surface area contributed by atoms with E-state index in [4.69, 9.17) is 23.2 Å². The first-order chi connectivity index (χ1) is 10.9. The molecule has 0 unspecified atom stereocenters. The highest BCUT2D eigenvalue weighted by Gasteiger charge is 2.13. The Bertz CT molecular complexity index is 789. The number of carbonyl (C=O) groups excluding carboxylic acids is 1. The molecular formula is C15H9Cl2FN2O3. The van der Waals surface area contributed by atoms with Gasteiger partial charge in [0, 0.05) is 23.4 Å². The number of halogens is 3. The molecule has 0 spiro atoms. The molecule has 0 saturated heterocycles. The Labute approximate surface area is 140 Å². The van der Waals surface area contributed by atoms with Gasteiger partial charge >= 0.3 is 0 Å². The second-order valence-electron chi connectivity index (χ2n) is 4.38. The zero-order chi connectivity index (χ0) is 17.0. The van der Waals surface area contributed by atoms with Crippen LogP contribution in [0.3, 0.4) is 0 Å². The third-order valence-electron chi connectivity index (χ3n) is 2.81. The molecule has 0 saturated carbocycles. The van der Waals surface area contributed by atoms with Crippen LogP contribution >= 0.6 is 23.2 Å². The molecule has 8 heteroatoms. The second kappa shape index (κ2) is 7.21. The molecule has 0 aliphatic rings. The third kappa shape index (κ3) is 4.28. The number of nitro groups is 1. The van der Waals surface area contributed by atoms with Gasteiger partial charge in [-0.1, -0.05) is 29.3 Å². The fourth-order valence-corrected chi connectivity index (χ4v) is 2.16. The van der Waals surface area contributed by atoms with Crippen LogP contribution in [0.25, 0.3) is 6.08 Å². The Morgan fingerprint density at radius 1 is 1.22 bits per heavy atom. The molecule has 0 aromatic heterocycles. The lowest BCUT2D eigenvalue weighted by atomic mass is 10.2. The van der Waals surface area contributed by atoms with Crippen LogP contribution in [-0.4, -0.2) is 10.8 Å². The molecule has 0 bridgehead atoms. The van der Waals surface area contributed by atoms with Crippen LogP contribution in [0.4, 0.5) is 15.8 Å². The zero-order valence-corrected chi connectivity index (χ0v) is 12.9. The van der Waals surface area contributed by atoms with E-state index in [1.807, 2.05) is 0 Å². The van der Waals surface area contributed by atoms with Crippen molar-refractivity contribution in [3.05, 3.63) is 74.0 Å². The van der Waals surface area contributed by atoms with Crippen molar-refractivity contribution >= 4 is 46.6 Å². The molecule has 1 N–H and O–H groups in total. The van der Waals surface area contributed by atoms with Crippen molar-refractivity contribution in [1.29, 1.82) is 0 Å². The smallest absolute Gasteiger partial charge is 0.289 e. The Balaban J connectivity index is 2.15. The highest BCUT2D eigenvalue weighted by Crippen LogP contribution is 2.27. The molecule has 0 radical (unpaired) electrons. The Morgan fingerprint density at radius 2 is 1.96 bits per heavy atom. The van der Waals surface area contributed by atoms with Gasteiger partial charge < -0.3 is 5.32 Å². The average molecular weight is 355 g/mol. The van der Waals surface area contributed by atoms with E-state index in [9.17, 15) is 19.3 Å². The van der Waals surface area contributed by atoms with Gasteiger partial charge in [0.2, 0.25) is 5.91 Å². The van der Waals surface area contributed by atoms with Gasteiger partial charge in [-0.2, -0.15) is 0 Å². The average Bonchev–Trinajstić information content (AvgIpc) is 2.48. The molecule has 2 aromatic carbocycles. The molecule has 0 aliphatic carbocycles. The first-order valence-corrected chi connectivity index (χ1v) is 7.01. The highest BCUT2D eigenvalue weighted by atomic mass is 35.5. The number of nitro benzene ring substituents is 1. The minimum Gasteiger partial charge on any atom is -0.322 e. The van der Waals surface area contributed by atoms with Gasteiger partial charge in [0.15, 0.2) is 0 Å². The van der Waals surface area contributed by atoms with Crippen molar-refractivity contribution in [1.82, 2.24) is 0 Å². The van der Waals surface area contributed by atoms with Crippen LogP contribution in [0.15, 0.2) is 42.5 Å². The number of hydrogen-bond donors (Lipinski definition) is 1. The highest BCUT2D eigenvalue weighted by molar-refractivity contribution is 6.33. The van der Waals surface area contributed by atoms with Gasteiger partial charge in [-0.3, -0.25) is 14.9 Å². The van der Waals surface area contributed by atoms with Crippen LogP contribution in [0, 0.1) is 15.9 Å². The van der Waals surface area contributed by atoms with E-state index in [1.165, 1.54) is 36.4 Å². The monoisotopic (exact) mass is 354 g/mol. The lowest BCUT2D eigenvalue weighted by Gasteiger charge is -2.03. The molecule has 118 valence electrons. The van der Waals surface area contributed by atoms with Crippen molar-refractivity contribution in [2.75, 3.05) is 5.32 Å². The summed E-state index contributed by atoms with van der Waals surface area (Å²) in [5.41, 5.74) is -0.0626. The normalized spacial score (nSPS) is 10.7. The summed E-state index contributed by atoms with van der Waals surface area (Å²) in [5, 5.41) is 13.3. The molecule has 2 rings (SSSR count). The molecule has 0 atom stereocenters. The number of hydrogen-bond acceptors (Lipinski definition) is 3. The van der Waals surface area contributed by atoms with E-state index in [1.54, 1.807) is 0 Å². The van der Waals surface area contributed by atoms with Crippen LogP contribution in [0.5, 0.6) is 0 Å². The van der Waals surface area contributed by atoms with Crippen molar-refractivity contribution in [3.8, 4) is 0 Å². The SMILES string of the molecule is O=C(/C=C/c1c(F)cccc1Cl)Nc1ccc(Cl)c([N+](=O)[O-])c1. The maximum Gasteiger partial charge on any atom is 0.289 e. The van der Waals surface area contributed by atoms with Gasteiger partial charge in [0.1, 0.15) is 10.8 Å². The molecule has 2 aromatic rings. The minimum atomic E-state index is -0.660. The summed E-state index contributed by atoms with van der Waals surface area (Å²) in [7, 11) is 0. The van der Waals surface area contributed by atoms with Gasteiger partial charge in [-0.15, -0.1) is 0 Å². The van der Waals surface area contributed by atoms with Gasteiger partial charge in [-0.05, 0) is 30.3 Å². The van der Waals surface area contributed by atoms with Crippen molar-refractivity contribution < 1.29 is 14.1 Å². The fourth-order valence-electron chi connectivity index (χ4n) is 1.74. The number of rotatable bonds is 4. The van der Waals surface area contributed by atoms with Crippen LogP contribution in [0.1, 0.15) is 5.56 Å². The third-order valence-corrected chi connectivity index (χ3v) is 3.46. The molecule has 23 heavy (non-hydrogen) atoms. The summed E-state index contributed by atoms with van der Waals surface area (Å²) < 4.78 is 13.6. The topological polar surface area (TPSA) is 72.2 Å². The van der Waals surface area contributed by atoms with Crippen molar-refractivity contribution in [3.63, 3.8) is 0 Å². The molecule has 0 aliphatic heterocycles. The number of carbonyl (C=O) groups is 1. The molecular weight excluding hydrogens is 346 g/mol. The summed E-state index contributed by atoms with van der Waals surface area (Å²) in [6, 6.07) is 7.99. The van der Waals surface area contributed by atoms with E-state index in [2.05, 4.69) is 5.32 Å². The van der Waals surface area contributed by atoms with E-state index in [0.29, 0.717) is 0 Å². The van der Waals surface area contributed by atoms with E-state index in [0.717, 1.165) is 12.1 Å². The first kappa shape index (κ1) is 16.9. The minimum absolute atomic E-state index is 0.0401. The van der Waals surface area contributed by atoms with E-state index < -0.39 is 16.6 Å². The second-order valence-corrected chi connectivity index (χ2v) is 5.20. The maximum atomic E-state index is 13.6. The Morgan fingerprint density at radius 3 is 2.61 bits per heavy atom. The van der Waals surface area contributed by atoms with E-state index in [-0.39, 0.29) is 27.0 Å². The maximum absolute atomic E-state index is 13.6. The lowest BCUT2D eigenvalue weighted by molar-refractivity contribution is -0.384. The largest absolute Gasteiger partial charge is 0.322 e. The number of anilines is 1. The fraction of sp³-hybridized carbons (Fsp3) is 0. The molecule has 5 nitrogen and oxygen atoms in total. The summed E-state index contributed by atoms with van der Waals surface area (Å²) in [6.07, 6.45) is 2.29. The predicted molar refractivity (Wildman–Crippen MR) is 87.2 cm³/mol. The Kier molecular flexibility index (Phi) is 5.31. The van der Waals surface area contributed by atoms with Crippen molar-refractivity contribution in [2.24, 2.45) is 0 Å². The summed E-state index contributed by atoms with van der Waals surface area (Å²) >= 11 is 11.5. The number of benzene rings is 2. The molecule has 0 fully saturated rings. The number of nitrogens with zero attached hydrogens (tertiary/aromatic N) is 1. The van der Waals surface area contributed by atoms with Crippen LogP contribution in [-0.2, 0) is 4.79 Å². The van der Waals surface area contributed by atoms with Gasteiger partial charge in [0.05, 0.1) is 9.95 Å². The summed E-state index contributed by atoms with van der Waals surface area (Å²) in [6.45, 7) is 0. The number of amides is 1. The summed E-state index contributed by atoms with van der Waals surface area (Å²) in [5.74, 6) is -1.16. The summed E-state index contributed by atoms with van der Waals surface area (Å²) in [4.78, 5) is 21.9. The number of nitrogens with one attached hydrogen (secondary N) is 1. The van der Waals surface area contributed by atoms with Crippen molar-refractivity contribution in [2.45, 2.75) is 0 Å².